The van der Waals surface area contributed by atoms with Crippen LogP contribution in [0.5, 0.6) is 11.5 Å². The van der Waals surface area contributed by atoms with Gasteiger partial charge >= 0.3 is 0 Å². The van der Waals surface area contributed by atoms with Gasteiger partial charge in [0.05, 0.1) is 5.41 Å². The van der Waals surface area contributed by atoms with E-state index in [0.717, 1.165) is 24.2 Å². The van der Waals surface area contributed by atoms with Crippen molar-refractivity contribution in [3.8, 4) is 11.5 Å². The molecule has 7 heteroatoms. The summed E-state index contributed by atoms with van der Waals surface area (Å²) in [5.74, 6) is 3.15. The summed E-state index contributed by atoms with van der Waals surface area (Å²) in [7, 11) is 0. The van der Waals surface area contributed by atoms with Gasteiger partial charge in [-0.25, -0.2) is 0 Å². The minimum Gasteiger partial charge on any atom is -0.486 e. The number of aromatic nitrogens is 2. The van der Waals surface area contributed by atoms with Crippen LogP contribution in [0.25, 0.3) is 0 Å². The lowest BCUT2D eigenvalue weighted by atomic mass is 9.82. The van der Waals surface area contributed by atoms with Gasteiger partial charge in [0, 0.05) is 19.0 Å². The summed E-state index contributed by atoms with van der Waals surface area (Å²) < 4.78 is 16.6. The quantitative estimate of drug-likeness (QED) is 0.826. The number of carbonyl (C=O) groups excluding carboxylic acids is 1. The molecule has 0 unspecified atom stereocenters. The lowest BCUT2D eigenvalue weighted by Gasteiger charge is -2.36. The zero-order valence-electron chi connectivity index (χ0n) is 16.0. The lowest BCUT2D eigenvalue weighted by Crippen LogP contribution is -2.46. The maximum absolute atomic E-state index is 13.2. The van der Waals surface area contributed by atoms with Crippen molar-refractivity contribution in [3.05, 3.63) is 35.5 Å². The first-order valence-electron chi connectivity index (χ1n) is 9.45. The van der Waals surface area contributed by atoms with Crippen LogP contribution in [0.2, 0.25) is 0 Å². The molecule has 0 aliphatic carbocycles. The fourth-order valence-corrected chi connectivity index (χ4v) is 3.76. The fraction of sp³-hybridized carbons (Fsp3) is 0.550. The third kappa shape index (κ3) is 3.38. The number of aryl methyl sites for hydroxylation is 1. The van der Waals surface area contributed by atoms with E-state index in [1.54, 1.807) is 0 Å². The molecule has 1 saturated heterocycles. The van der Waals surface area contributed by atoms with Gasteiger partial charge in [-0.3, -0.25) is 4.79 Å². The Kier molecular flexibility index (Phi) is 4.53. The smallest absolute Gasteiger partial charge is 0.232 e. The van der Waals surface area contributed by atoms with E-state index in [1.807, 2.05) is 43.9 Å². The second-order valence-corrected chi connectivity index (χ2v) is 7.73. The number of piperidine rings is 1. The predicted molar refractivity (Wildman–Crippen MR) is 98.0 cm³/mol. The molecule has 2 aromatic rings. The Hall–Kier alpha value is -2.57. The van der Waals surface area contributed by atoms with Gasteiger partial charge in [0.1, 0.15) is 13.2 Å². The van der Waals surface area contributed by atoms with Gasteiger partial charge in [-0.1, -0.05) is 11.2 Å². The van der Waals surface area contributed by atoms with Crippen molar-refractivity contribution in [2.75, 3.05) is 26.3 Å². The second kappa shape index (κ2) is 6.87. The van der Waals surface area contributed by atoms with Crippen molar-refractivity contribution in [3.63, 3.8) is 0 Å². The van der Waals surface area contributed by atoms with Crippen molar-refractivity contribution >= 4 is 5.91 Å². The first-order chi connectivity index (χ1) is 12.9. The highest BCUT2D eigenvalue weighted by atomic mass is 16.6. The third-order valence-corrected chi connectivity index (χ3v) is 5.47. The van der Waals surface area contributed by atoms with Crippen molar-refractivity contribution in [1.82, 2.24) is 15.0 Å². The van der Waals surface area contributed by atoms with Crippen molar-refractivity contribution in [2.45, 2.75) is 44.9 Å². The van der Waals surface area contributed by atoms with E-state index >= 15 is 0 Å². The van der Waals surface area contributed by atoms with Crippen LogP contribution in [0, 0.1) is 6.92 Å². The molecule has 1 aromatic carbocycles. The highest BCUT2D eigenvalue weighted by molar-refractivity contribution is 5.87. The minimum atomic E-state index is -0.635. The zero-order valence-corrected chi connectivity index (χ0v) is 16.0. The standard InChI is InChI=1S/C20H25N3O4/c1-13-21-18(27-22-13)14-6-8-23(9-7-14)19(24)20(2,3)15-4-5-16-17(12-15)26-11-10-25-16/h4-5,12,14H,6-11H2,1-3H3. The largest absolute Gasteiger partial charge is 0.486 e. The van der Waals surface area contributed by atoms with Crippen LogP contribution >= 0.6 is 0 Å². The van der Waals surface area contributed by atoms with Gasteiger partial charge < -0.3 is 18.9 Å². The van der Waals surface area contributed by atoms with Crippen LogP contribution in [-0.4, -0.2) is 47.3 Å². The molecule has 0 radical (unpaired) electrons. The molecule has 0 saturated carbocycles. The lowest BCUT2D eigenvalue weighted by molar-refractivity contribution is -0.137. The van der Waals surface area contributed by atoms with Gasteiger partial charge in [-0.2, -0.15) is 4.98 Å². The Bertz CT molecular complexity index is 838. The number of hydrogen-bond donors (Lipinski definition) is 0. The monoisotopic (exact) mass is 371 g/mol. The molecule has 2 aliphatic heterocycles. The molecule has 0 atom stereocenters. The maximum Gasteiger partial charge on any atom is 0.232 e. The molecule has 0 spiro atoms. The summed E-state index contributed by atoms with van der Waals surface area (Å²) in [4.78, 5) is 19.5. The summed E-state index contributed by atoms with van der Waals surface area (Å²) in [5, 5.41) is 3.87. The highest BCUT2D eigenvalue weighted by Gasteiger charge is 2.37. The molecule has 7 nitrogen and oxygen atoms in total. The number of amides is 1. The molecule has 1 fully saturated rings. The molecule has 144 valence electrons. The normalized spacial score (nSPS) is 17.8. The zero-order chi connectivity index (χ0) is 19.0. The Labute approximate surface area is 158 Å². The summed E-state index contributed by atoms with van der Waals surface area (Å²) in [6.07, 6.45) is 1.68. The number of carbonyl (C=O) groups is 1. The first-order valence-corrected chi connectivity index (χ1v) is 9.45. The average Bonchev–Trinajstić information content (AvgIpc) is 3.13. The van der Waals surface area contributed by atoms with E-state index in [4.69, 9.17) is 14.0 Å². The third-order valence-electron chi connectivity index (χ3n) is 5.47. The Balaban J connectivity index is 1.45. The van der Waals surface area contributed by atoms with Crippen molar-refractivity contribution < 1.29 is 18.8 Å². The molecule has 2 aliphatic rings. The SMILES string of the molecule is Cc1noc(C2CCN(C(=O)C(C)(C)c3ccc4c(c3)OCCO4)CC2)n1. The van der Waals surface area contributed by atoms with Gasteiger partial charge in [0.25, 0.3) is 0 Å². The summed E-state index contributed by atoms with van der Waals surface area (Å²) in [5.41, 5.74) is 0.301. The van der Waals surface area contributed by atoms with Gasteiger partial charge in [0.2, 0.25) is 11.8 Å². The number of hydrogen-bond acceptors (Lipinski definition) is 6. The Morgan fingerprint density at radius 2 is 1.85 bits per heavy atom. The van der Waals surface area contributed by atoms with Crippen LogP contribution in [0.15, 0.2) is 22.7 Å². The van der Waals surface area contributed by atoms with E-state index in [2.05, 4.69) is 10.1 Å². The van der Waals surface area contributed by atoms with E-state index in [0.29, 0.717) is 43.8 Å². The van der Waals surface area contributed by atoms with Crippen molar-refractivity contribution in [2.24, 2.45) is 0 Å². The first kappa shape index (κ1) is 17.8. The van der Waals surface area contributed by atoms with Crippen LogP contribution in [0.3, 0.4) is 0 Å². The second-order valence-electron chi connectivity index (χ2n) is 7.73. The molecule has 0 N–H and O–H groups in total. The number of benzene rings is 1. The summed E-state index contributed by atoms with van der Waals surface area (Å²) in [6, 6.07) is 5.78. The van der Waals surface area contributed by atoms with E-state index < -0.39 is 5.41 Å². The molecular formula is C20H25N3O4. The van der Waals surface area contributed by atoms with Crippen LogP contribution < -0.4 is 9.47 Å². The topological polar surface area (TPSA) is 77.7 Å². The average molecular weight is 371 g/mol. The molecule has 4 rings (SSSR count). The Morgan fingerprint density at radius 1 is 1.15 bits per heavy atom. The molecule has 0 bridgehead atoms. The van der Waals surface area contributed by atoms with Crippen LogP contribution in [-0.2, 0) is 10.2 Å². The van der Waals surface area contributed by atoms with Crippen LogP contribution in [0.1, 0.15) is 49.9 Å². The number of fused-ring (bicyclic) bond motifs is 1. The Morgan fingerprint density at radius 3 is 2.52 bits per heavy atom. The number of ether oxygens (including phenoxy) is 2. The van der Waals surface area contributed by atoms with Gasteiger partial charge in [-0.05, 0) is 51.3 Å². The van der Waals surface area contributed by atoms with Gasteiger partial charge in [0.15, 0.2) is 17.3 Å². The maximum atomic E-state index is 13.2. The molecule has 1 aromatic heterocycles. The number of nitrogens with zero attached hydrogens (tertiary/aromatic N) is 3. The number of rotatable bonds is 3. The van der Waals surface area contributed by atoms with Crippen molar-refractivity contribution in [1.29, 1.82) is 0 Å². The summed E-state index contributed by atoms with van der Waals surface area (Å²) in [6.45, 7) is 8.23. The molecule has 1 amide bonds. The molecule has 3 heterocycles. The molecular weight excluding hydrogens is 346 g/mol. The molecule has 27 heavy (non-hydrogen) atoms. The van der Waals surface area contributed by atoms with E-state index in [-0.39, 0.29) is 11.8 Å². The highest BCUT2D eigenvalue weighted by Crippen LogP contribution is 2.37. The van der Waals surface area contributed by atoms with E-state index in [9.17, 15) is 4.79 Å². The summed E-state index contributed by atoms with van der Waals surface area (Å²) >= 11 is 0. The van der Waals surface area contributed by atoms with Gasteiger partial charge in [-0.15, -0.1) is 0 Å². The fourth-order valence-electron chi connectivity index (χ4n) is 3.76. The predicted octanol–water partition coefficient (Wildman–Crippen LogP) is 2.83. The van der Waals surface area contributed by atoms with Crippen LogP contribution in [0.4, 0.5) is 0 Å². The number of likely N-dealkylation sites (tertiary alicyclic amines) is 1. The van der Waals surface area contributed by atoms with E-state index in [1.165, 1.54) is 0 Å². The minimum absolute atomic E-state index is 0.124.